The minimum atomic E-state index is 0.0431. The lowest BCUT2D eigenvalue weighted by atomic mass is 9.82. The van der Waals surface area contributed by atoms with Crippen molar-refractivity contribution < 1.29 is 4.79 Å². The van der Waals surface area contributed by atoms with Crippen LogP contribution in [-0.2, 0) is 11.2 Å². The maximum atomic E-state index is 12.7. The third-order valence-electron chi connectivity index (χ3n) is 5.08. The zero-order valence-electron chi connectivity index (χ0n) is 13.1. The quantitative estimate of drug-likeness (QED) is 0.877. The summed E-state index contributed by atoms with van der Waals surface area (Å²) in [6.07, 6.45) is 5.42. The highest BCUT2D eigenvalue weighted by Crippen LogP contribution is 2.31. The number of benzene rings is 1. The smallest absolute Gasteiger partial charge is 0.227 e. The van der Waals surface area contributed by atoms with Crippen molar-refractivity contribution in [1.29, 1.82) is 0 Å². The van der Waals surface area contributed by atoms with Crippen LogP contribution in [0.4, 0.5) is 0 Å². The molecule has 4 atom stereocenters. The van der Waals surface area contributed by atoms with E-state index in [0.717, 1.165) is 32.1 Å². The van der Waals surface area contributed by atoms with Crippen LogP contribution in [0.25, 0.3) is 0 Å². The molecule has 3 nitrogen and oxygen atoms in total. The monoisotopic (exact) mass is 286 g/mol. The minimum Gasteiger partial charge on any atom is -0.351 e. The van der Waals surface area contributed by atoms with Crippen LogP contribution in [0.3, 0.4) is 0 Å². The van der Waals surface area contributed by atoms with Gasteiger partial charge in [0.2, 0.25) is 5.91 Å². The molecule has 1 aliphatic heterocycles. The summed E-state index contributed by atoms with van der Waals surface area (Å²) in [5.74, 6) is 0.261. The van der Waals surface area contributed by atoms with Crippen molar-refractivity contribution in [3.05, 3.63) is 35.4 Å². The van der Waals surface area contributed by atoms with Crippen LogP contribution in [0.15, 0.2) is 24.3 Å². The van der Waals surface area contributed by atoms with Crippen LogP contribution >= 0.6 is 0 Å². The number of carbonyl (C=O) groups is 1. The molecule has 1 saturated heterocycles. The molecule has 114 valence electrons. The lowest BCUT2D eigenvalue weighted by Gasteiger charge is -2.36. The first-order valence-corrected chi connectivity index (χ1v) is 8.29. The number of rotatable bonds is 2. The fraction of sp³-hybridized carbons (Fsp3) is 0.611. The van der Waals surface area contributed by atoms with Crippen molar-refractivity contribution >= 4 is 5.91 Å². The minimum absolute atomic E-state index is 0.0431. The maximum absolute atomic E-state index is 12.7. The van der Waals surface area contributed by atoms with E-state index >= 15 is 0 Å². The van der Waals surface area contributed by atoms with Gasteiger partial charge in [-0.05, 0) is 57.1 Å². The van der Waals surface area contributed by atoms with Gasteiger partial charge in [0.1, 0.15) is 0 Å². The molecule has 0 spiro atoms. The van der Waals surface area contributed by atoms with Gasteiger partial charge in [-0.25, -0.2) is 0 Å². The Bertz CT molecular complexity index is 514. The summed E-state index contributed by atoms with van der Waals surface area (Å²) >= 11 is 0. The molecule has 1 aromatic rings. The standard InChI is InChI=1S/C18H26N2O/c1-12-10-11-17(13(2)19-12)20-18(21)16-9-5-7-14-6-3-4-8-15(14)16/h3-4,6,8,12-13,16-17,19H,5,7,9-11H2,1-2H3,(H,20,21). The normalized spacial score (nSPS) is 32.3. The van der Waals surface area contributed by atoms with Crippen molar-refractivity contribution in [2.75, 3.05) is 0 Å². The maximum Gasteiger partial charge on any atom is 0.227 e. The van der Waals surface area contributed by atoms with Crippen molar-refractivity contribution in [2.45, 2.75) is 70.0 Å². The molecule has 21 heavy (non-hydrogen) atoms. The summed E-state index contributed by atoms with van der Waals surface area (Å²) < 4.78 is 0. The van der Waals surface area contributed by atoms with Crippen LogP contribution in [-0.4, -0.2) is 24.0 Å². The summed E-state index contributed by atoms with van der Waals surface area (Å²) in [7, 11) is 0. The largest absolute Gasteiger partial charge is 0.351 e. The van der Waals surface area contributed by atoms with E-state index in [2.05, 4.69) is 48.7 Å². The van der Waals surface area contributed by atoms with E-state index in [1.165, 1.54) is 11.1 Å². The van der Waals surface area contributed by atoms with Crippen LogP contribution in [0, 0.1) is 0 Å². The third-order valence-corrected chi connectivity index (χ3v) is 5.08. The topological polar surface area (TPSA) is 41.1 Å². The van der Waals surface area contributed by atoms with E-state index in [4.69, 9.17) is 0 Å². The van der Waals surface area contributed by atoms with Gasteiger partial charge in [0.05, 0.1) is 5.92 Å². The number of carbonyl (C=O) groups excluding carboxylic acids is 1. The first-order valence-electron chi connectivity index (χ1n) is 8.29. The Balaban J connectivity index is 1.69. The highest BCUT2D eigenvalue weighted by atomic mass is 16.2. The van der Waals surface area contributed by atoms with E-state index in [-0.39, 0.29) is 17.9 Å². The van der Waals surface area contributed by atoms with E-state index < -0.39 is 0 Å². The highest BCUT2D eigenvalue weighted by molar-refractivity contribution is 5.84. The van der Waals surface area contributed by atoms with Gasteiger partial charge in [0, 0.05) is 18.1 Å². The fourth-order valence-corrected chi connectivity index (χ4v) is 3.83. The Hall–Kier alpha value is -1.35. The molecule has 0 radical (unpaired) electrons. The molecular weight excluding hydrogens is 260 g/mol. The van der Waals surface area contributed by atoms with Crippen molar-refractivity contribution in [3.8, 4) is 0 Å². The summed E-state index contributed by atoms with van der Waals surface area (Å²) in [4.78, 5) is 12.7. The number of hydrogen-bond donors (Lipinski definition) is 2. The van der Waals surface area contributed by atoms with E-state index in [0.29, 0.717) is 12.1 Å². The molecule has 1 heterocycles. The second-order valence-electron chi connectivity index (χ2n) is 6.69. The molecule has 2 aliphatic rings. The lowest BCUT2D eigenvalue weighted by Crippen LogP contribution is -2.55. The molecule has 4 unspecified atom stereocenters. The molecular formula is C18H26N2O. The van der Waals surface area contributed by atoms with Gasteiger partial charge in [-0.3, -0.25) is 4.79 Å². The molecule has 1 fully saturated rings. The SMILES string of the molecule is CC1CCC(NC(=O)C2CCCc3ccccc32)C(C)N1. The van der Waals surface area contributed by atoms with Crippen molar-refractivity contribution in [3.63, 3.8) is 0 Å². The predicted molar refractivity (Wildman–Crippen MR) is 85.3 cm³/mol. The Morgan fingerprint density at radius 1 is 1.19 bits per heavy atom. The summed E-state index contributed by atoms with van der Waals surface area (Å²) in [5.41, 5.74) is 2.60. The molecule has 2 N–H and O–H groups in total. The Morgan fingerprint density at radius 3 is 2.81 bits per heavy atom. The zero-order chi connectivity index (χ0) is 14.8. The van der Waals surface area contributed by atoms with E-state index in [9.17, 15) is 4.79 Å². The van der Waals surface area contributed by atoms with Crippen molar-refractivity contribution in [2.24, 2.45) is 0 Å². The second-order valence-corrected chi connectivity index (χ2v) is 6.69. The zero-order valence-corrected chi connectivity index (χ0v) is 13.1. The van der Waals surface area contributed by atoms with Gasteiger partial charge in [0.15, 0.2) is 0 Å². The van der Waals surface area contributed by atoms with Gasteiger partial charge >= 0.3 is 0 Å². The van der Waals surface area contributed by atoms with E-state index in [1.807, 2.05) is 0 Å². The second kappa shape index (κ2) is 6.18. The van der Waals surface area contributed by atoms with Crippen LogP contribution in [0.1, 0.15) is 56.6 Å². The fourth-order valence-electron chi connectivity index (χ4n) is 3.83. The van der Waals surface area contributed by atoms with Crippen LogP contribution in [0.5, 0.6) is 0 Å². The van der Waals surface area contributed by atoms with Crippen molar-refractivity contribution in [1.82, 2.24) is 10.6 Å². The Morgan fingerprint density at radius 2 is 2.00 bits per heavy atom. The number of aryl methyl sites for hydroxylation is 1. The molecule has 0 saturated carbocycles. The molecule has 1 aliphatic carbocycles. The average Bonchev–Trinajstić information content (AvgIpc) is 2.49. The first-order chi connectivity index (χ1) is 10.1. The van der Waals surface area contributed by atoms with Gasteiger partial charge in [-0.15, -0.1) is 0 Å². The van der Waals surface area contributed by atoms with Gasteiger partial charge in [-0.2, -0.15) is 0 Å². The number of fused-ring (bicyclic) bond motifs is 1. The van der Waals surface area contributed by atoms with Crippen LogP contribution in [0.2, 0.25) is 0 Å². The Labute approximate surface area is 127 Å². The number of amides is 1. The van der Waals surface area contributed by atoms with Crippen LogP contribution < -0.4 is 10.6 Å². The number of hydrogen-bond acceptors (Lipinski definition) is 2. The summed E-state index contributed by atoms with van der Waals surface area (Å²) in [5, 5.41) is 6.84. The highest BCUT2D eigenvalue weighted by Gasteiger charge is 2.31. The third kappa shape index (κ3) is 3.13. The molecule has 0 aromatic heterocycles. The molecule has 0 bridgehead atoms. The molecule has 3 heteroatoms. The van der Waals surface area contributed by atoms with Gasteiger partial charge in [0.25, 0.3) is 0 Å². The van der Waals surface area contributed by atoms with E-state index in [1.54, 1.807) is 0 Å². The summed E-state index contributed by atoms with van der Waals surface area (Å²) in [6.45, 7) is 4.39. The molecule has 3 rings (SSSR count). The number of piperidine rings is 1. The van der Waals surface area contributed by atoms with Gasteiger partial charge < -0.3 is 10.6 Å². The number of nitrogens with one attached hydrogen (secondary N) is 2. The first kappa shape index (κ1) is 14.6. The molecule has 1 amide bonds. The lowest BCUT2D eigenvalue weighted by molar-refractivity contribution is -0.124. The average molecular weight is 286 g/mol. The Kier molecular flexibility index (Phi) is 4.29. The molecule has 1 aromatic carbocycles. The van der Waals surface area contributed by atoms with Gasteiger partial charge in [-0.1, -0.05) is 24.3 Å². The summed E-state index contributed by atoms with van der Waals surface area (Å²) in [6, 6.07) is 9.61. The predicted octanol–water partition coefficient (Wildman–Crippen LogP) is 2.75.